The van der Waals surface area contributed by atoms with Gasteiger partial charge in [-0.15, -0.1) is 0 Å². The molecule has 1 N–H and O–H groups in total. The summed E-state index contributed by atoms with van der Waals surface area (Å²) in [7, 11) is 1.64. The van der Waals surface area contributed by atoms with Crippen LogP contribution >= 0.6 is 0 Å². The lowest BCUT2D eigenvalue weighted by Gasteiger charge is -2.09. The minimum Gasteiger partial charge on any atom is -0.356 e. The molecule has 0 aromatic carbocycles. The molecule has 1 rings (SSSR count). The molecule has 0 saturated carbocycles. The van der Waals surface area contributed by atoms with Gasteiger partial charge in [-0.25, -0.2) is 0 Å². The summed E-state index contributed by atoms with van der Waals surface area (Å²) in [4.78, 5) is 13.1. The highest BCUT2D eigenvalue weighted by Crippen LogP contribution is 2.05. The molecule has 0 spiro atoms. The largest absolute Gasteiger partial charge is 0.356 e. The summed E-state index contributed by atoms with van der Waals surface area (Å²) >= 11 is 0. The third kappa shape index (κ3) is 3.05. The number of rotatable bonds is 3. The predicted octanol–water partition coefficient (Wildman–Crippen LogP) is 0.384. The van der Waals surface area contributed by atoms with Gasteiger partial charge in [-0.05, 0) is 25.9 Å². The topological polar surface area (TPSA) is 32.3 Å². The highest BCUT2D eigenvalue weighted by molar-refractivity contribution is 5.87. The first kappa shape index (κ1) is 9.26. The van der Waals surface area contributed by atoms with Crippen LogP contribution in [0, 0.1) is 0 Å². The van der Waals surface area contributed by atoms with E-state index in [-0.39, 0.29) is 5.91 Å². The van der Waals surface area contributed by atoms with Gasteiger partial charge in [0.2, 0.25) is 5.91 Å². The van der Waals surface area contributed by atoms with Gasteiger partial charge in [0.1, 0.15) is 0 Å². The van der Waals surface area contributed by atoms with Gasteiger partial charge in [-0.1, -0.05) is 6.08 Å². The van der Waals surface area contributed by atoms with Crippen LogP contribution in [0.4, 0.5) is 0 Å². The lowest BCUT2D eigenvalue weighted by Crippen LogP contribution is -2.20. The fraction of sp³-hybridized carbons (Fsp3) is 0.667. The molecule has 0 aromatic heterocycles. The second-order valence-corrected chi connectivity index (χ2v) is 3.02. The first-order chi connectivity index (χ1) is 5.83. The van der Waals surface area contributed by atoms with Crippen LogP contribution in [0.2, 0.25) is 0 Å². The van der Waals surface area contributed by atoms with Crippen molar-refractivity contribution in [3.8, 4) is 0 Å². The Hall–Kier alpha value is -0.830. The minimum absolute atomic E-state index is 0.0193. The molecule has 0 atom stereocenters. The van der Waals surface area contributed by atoms with Crippen molar-refractivity contribution in [3.05, 3.63) is 12.2 Å². The number of likely N-dealkylation sites (N-methyl/N-ethyl adjacent to an activating group) is 1. The van der Waals surface area contributed by atoms with E-state index >= 15 is 0 Å². The van der Waals surface area contributed by atoms with Crippen LogP contribution in [0.15, 0.2) is 12.2 Å². The Morgan fingerprint density at radius 3 is 2.75 bits per heavy atom. The zero-order valence-electron chi connectivity index (χ0n) is 7.55. The molecule has 1 aliphatic heterocycles. The summed E-state index contributed by atoms with van der Waals surface area (Å²) in [5.41, 5.74) is 0. The number of nitrogens with zero attached hydrogens (tertiary/aromatic N) is 1. The van der Waals surface area contributed by atoms with Crippen LogP contribution in [0.5, 0.6) is 0 Å². The zero-order valence-corrected chi connectivity index (χ0v) is 7.55. The Balaban J connectivity index is 2.15. The Bertz CT molecular complexity index is 171. The molecule has 3 nitrogen and oxygen atoms in total. The molecule has 1 heterocycles. The van der Waals surface area contributed by atoms with Crippen LogP contribution in [0.25, 0.3) is 0 Å². The molecule has 12 heavy (non-hydrogen) atoms. The van der Waals surface area contributed by atoms with E-state index in [9.17, 15) is 4.79 Å². The maximum Gasteiger partial charge on any atom is 0.243 e. The highest BCUT2D eigenvalue weighted by Gasteiger charge is 2.08. The molecule has 0 aliphatic carbocycles. The van der Waals surface area contributed by atoms with E-state index < -0.39 is 0 Å². The van der Waals surface area contributed by atoms with Gasteiger partial charge in [-0.2, -0.15) is 0 Å². The molecule has 1 amide bonds. The maximum absolute atomic E-state index is 10.8. The predicted molar refractivity (Wildman–Crippen MR) is 48.9 cm³/mol. The molecule has 1 aliphatic rings. The number of nitrogens with one attached hydrogen (secondary N) is 1. The van der Waals surface area contributed by atoms with Gasteiger partial charge in [0.25, 0.3) is 0 Å². The zero-order chi connectivity index (χ0) is 8.81. The first-order valence-electron chi connectivity index (χ1n) is 4.43. The van der Waals surface area contributed by atoms with Gasteiger partial charge in [-0.3, -0.25) is 9.69 Å². The molecule has 0 bridgehead atoms. The first-order valence-corrected chi connectivity index (χ1v) is 4.43. The van der Waals surface area contributed by atoms with Crippen molar-refractivity contribution in [2.24, 2.45) is 0 Å². The molecule has 0 radical (unpaired) electrons. The number of carbonyl (C=O) groups excluding carboxylic acids is 1. The van der Waals surface area contributed by atoms with Crippen molar-refractivity contribution in [2.75, 3.05) is 26.7 Å². The van der Waals surface area contributed by atoms with E-state index in [1.165, 1.54) is 25.9 Å². The molecule has 0 aromatic rings. The van der Waals surface area contributed by atoms with E-state index in [2.05, 4.69) is 10.2 Å². The lowest BCUT2D eigenvalue weighted by molar-refractivity contribution is -0.116. The molecule has 0 unspecified atom stereocenters. The van der Waals surface area contributed by atoms with E-state index in [1.54, 1.807) is 13.1 Å². The van der Waals surface area contributed by atoms with Crippen molar-refractivity contribution < 1.29 is 4.79 Å². The van der Waals surface area contributed by atoms with Crippen LogP contribution < -0.4 is 5.32 Å². The average Bonchev–Trinajstić information content (AvgIpc) is 2.57. The SMILES string of the molecule is CNC(=O)/C=C/CN1CCCC1. The van der Waals surface area contributed by atoms with E-state index in [1.807, 2.05) is 6.08 Å². The number of hydrogen-bond donors (Lipinski definition) is 1. The van der Waals surface area contributed by atoms with Crippen LogP contribution in [-0.4, -0.2) is 37.5 Å². The molecular weight excluding hydrogens is 152 g/mol. The van der Waals surface area contributed by atoms with Gasteiger partial charge >= 0.3 is 0 Å². The van der Waals surface area contributed by atoms with Gasteiger partial charge < -0.3 is 5.32 Å². The number of likely N-dealkylation sites (tertiary alicyclic amines) is 1. The van der Waals surface area contributed by atoms with Crippen LogP contribution in [0.3, 0.4) is 0 Å². The highest BCUT2D eigenvalue weighted by atomic mass is 16.1. The fourth-order valence-corrected chi connectivity index (χ4v) is 1.36. The minimum atomic E-state index is -0.0193. The van der Waals surface area contributed by atoms with Crippen molar-refractivity contribution >= 4 is 5.91 Å². The Labute approximate surface area is 73.4 Å². The average molecular weight is 168 g/mol. The Morgan fingerprint density at radius 1 is 1.50 bits per heavy atom. The molecule has 1 saturated heterocycles. The summed E-state index contributed by atoms with van der Waals surface area (Å²) in [6, 6.07) is 0. The van der Waals surface area contributed by atoms with Gasteiger partial charge in [0.15, 0.2) is 0 Å². The van der Waals surface area contributed by atoms with Crippen molar-refractivity contribution in [1.29, 1.82) is 0 Å². The Morgan fingerprint density at radius 2 is 2.17 bits per heavy atom. The second-order valence-electron chi connectivity index (χ2n) is 3.02. The standard InChI is InChI=1S/C9H16N2O/c1-10-9(12)5-4-8-11-6-2-3-7-11/h4-5H,2-3,6-8H2,1H3,(H,10,12)/b5-4+. The van der Waals surface area contributed by atoms with Crippen LogP contribution in [-0.2, 0) is 4.79 Å². The number of amides is 1. The van der Waals surface area contributed by atoms with E-state index in [0.29, 0.717) is 0 Å². The quantitative estimate of drug-likeness (QED) is 0.618. The van der Waals surface area contributed by atoms with Gasteiger partial charge in [0.05, 0.1) is 0 Å². The maximum atomic E-state index is 10.8. The third-order valence-corrected chi connectivity index (χ3v) is 2.08. The summed E-state index contributed by atoms with van der Waals surface area (Å²) in [5, 5.41) is 2.55. The van der Waals surface area contributed by atoms with Crippen LogP contribution in [0.1, 0.15) is 12.8 Å². The van der Waals surface area contributed by atoms with E-state index in [4.69, 9.17) is 0 Å². The van der Waals surface area contributed by atoms with Crippen molar-refractivity contribution in [2.45, 2.75) is 12.8 Å². The summed E-state index contributed by atoms with van der Waals surface area (Å²) in [6.45, 7) is 3.27. The smallest absolute Gasteiger partial charge is 0.243 e. The molecule has 3 heteroatoms. The fourth-order valence-electron chi connectivity index (χ4n) is 1.36. The van der Waals surface area contributed by atoms with E-state index in [0.717, 1.165) is 6.54 Å². The number of carbonyl (C=O) groups is 1. The summed E-state index contributed by atoms with van der Waals surface area (Å²) < 4.78 is 0. The van der Waals surface area contributed by atoms with Gasteiger partial charge in [0, 0.05) is 19.7 Å². The molecule has 68 valence electrons. The molecular formula is C9H16N2O. The molecule has 1 fully saturated rings. The summed E-state index contributed by atoms with van der Waals surface area (Å²) in [5.74, 6) is -0.0193. The van der Waals surface area contributed by atoms with Crippen molar-refractivity contribution in [3.63, 3.8) is 0 Å². The second kappa shape index (κ2) is 4.93. The monoisotopic (exact) mass is 168 g/mol. The Kier molecular flexibility index (Phi) is 3.80. The summed E-state index contributed by atoms with van der Waals surface area (Å²) in [6.07, 6.45) is 6.12. The number of hydrogen-bond acceptors (Lipinski definition) is 2. The van der Waals surface area contributed by atoms with Crippen molar-refractivity contribution in [1.82, 2.24) is 10.2 Å². The normalized spacial score (nSPS) is 18.8. The lowest BCUT2D eigenvalue weighted by atomic mass is 10.4. The third-order valence-electron chi connectivity index (χ3n) is 2.08.